The molecule has 0 spiro atoms. The zero-order valence-corrected chi connectivity index (χ0v) is 13.3. The summed E-state index contributed by atoms with van der Waals surface area (Å²) in [6.45, 7) is 0.463. The van der Waals surface area contributed by atoms with Crippen LogP contribution in [-0.2, 0) is 4.79 Å². The van der Waals surface area contributed by atoms with Gasteiger partial charge in [0, 0.05) is 0 Å². The van der Waals surface area contributed by atoms with Crippen LogP contribution in [0.2, 0.25) is 0 Å². The third kappa shape index (κ3) is 3.95. The standard InChI is InChI=1S/C20H16O5/c21-19(20(22)23)17-7-3-4-8-18(17)25-12-11-24-16-10-9-14-5-1-2-6-15(14)13-16/h1-10,13H,11-12H2,(H,22,23). The van der Waals surface area contributed by atoms with E-state index in [-0.39, 0.29) is 24.5 Å². The molecule has 3 aromatic rings. The molecule has 0 saturated carbocycles. The van der Waals surface area contributed by atoms with E-state index in [1.807, 2.05) is 42.5 Å². The number of hydrogen-bond acceptors (Lipinski definition) is 4. The molecule has 126 valence electrons. The predicted octanol–water partition coefficient (Wildman–Crippen LogP) is 3.56. The summed E-state index contributed by atoms with van der Waals surface area (Å²) in [5.41, 5.74) is 0.0284. The summed E-state index contributed by atoms with van der Waals surface area (Å²) in [4.78, 5) is 22.5. The molecule has 0 fully saturated rings. The molecule has 0 aromatic heterocycles. The number of para-hydroxylation sites is 1. The first kappa shape index (κ1) is 16.5. The maximum Gasteiger partial charge on any atom is 0.377 e. The normalized spacial score (nSPS) is 10.4. The average Bonchev–Trinajstić information content (AvgIpc) is 2.64. The van der Waals surface area contributed by atoms with E-state index >= 15 is 0 Å². The van der Waals surface area contributed by atoms with E-state index in [2.05, 4.69) is 0 Å². The van der Waals surface area contributed by atoms with Crippen LogP contribution in [0.4, 0.5) is 0 Å². The Morgan fingerprint density at radius 2 is 1.48 bits per heavy atom. The van der Waals surface area contributed by atoms with Crippen LogP contribution in [0.5, 0.6) is 11.5 Å². The first-order valence-corrected chi connectivity index (χ1v) is 7.76. The molecule has 0 radical (unpaired) electrons. The monoisotopic (exact) mass is 336 g/mol. The van der Waals surface area contributed by atoms with Gasteiger partial charge in [-0.25, -0.2) is 4.79 Å². The van der Waals surface area contributed by atoms with Crippen LogP contribution in [0.3, 0.4) is 0 Å². The molecule has 0 aliphatic carbocycles. The molecular weight excluding hydrogens is 320 g/mol. The van der Waals surface area contributed by atoms with E-state index in [1.54, 1.807) is 18.2 Å². The third-order valence-electron chi connectivity index (χ3n) is 3.66. The van der Waals surface area contributed by atoms with E-state index in [0.29, 0.717) is 0 Å². The lowest BCUT2D eigenvalue weighted by atomic mass is 10.1. The summed E-state index contributed by atoms with van der Waals surface area (Å²) in [5, 5.41) is 11.1. The Morgan fingerprint density at radius 3 is 2.28 bits per heavy atom. The van der Waals surface area contributed by atoms with Crippen LogP contribution in [0.1, 0.15) is 10.4 Å². The molecule has 5 heteroatoms. The Bertz CT molecular complexity index is 917. The van der Waals surface area contributed by atoms with Crippen molar-refractivity contribution in [1.82, 2.24) is 0 Å². The van der Waals surface area contributed by atoms with Crippen molar-refractivity contribution in [2.24, 2.45) is 0 Å². The highest BCUT2D eigenvalue weighted by Gasteiger charge is 2.18. The predicted molar refractivity (Wildman–Crippen MR) is 93.3 cm³/mol. The highest BCUT2D eigenvalue weighted by molar-refractivity contribution is 6.40. The van der Waals surface area contributed by atoms with Crippen molar-refractivity contribution in [2.75, 3.05) is 13.2 Å². The van der Waals surface area contributed by atoms with Gasteiger partial charge in [-0.05, 0) is 35.0 Å². The second kappa shape index (κ2) is 7.49. The van der Waals surface area contributed by atoms with Gasteiger partial charge in [0.1, 0.15) is 24.7 Å². The minimum absolute atomic E-state index is 0.0284. The van der Waals surface area contributed by atoms with Crippen LogP contribution in [0.25, 0.3) is 10.8 Å². The summed E-state index contributed by atoms with van der Waals surface area (Å²) in [7, 11) is 0. The van der Waals surface area contributed by atoms with Gasteiger partial charge < -0.3 is 14.6 Å². The summed E-state index contributed by atoms with van der Waals surface area (Å²) in [5.74, 6) is -1.55. The van der Waals surface area contributed by atoms with Gasteiger partial charge in [0.05, 0.1) is 5.56 Å². The molecule has 3 rings (SSSR count). The number of carboxylic acids is 1. The van der Waals surface area contributed by atoms with Crippen LogP contribution in [0.15, 0.2) is 66.7 Å². The molecule has 0 bridgehead atoms. The zero-order chi connectivity index (χ0) is 17.6. The Labute approximate surface area is 144 Å². The van der Waals surface area contributed by atoms with Crippen molar-refractivity contribution in [2.45, 2.75) is 0 Å². The summed E-state index contributed by atoms with van der Waals surface area (Å²) < 4.78 is 11.2. The molecule has 0 unspecified atom stereocenters. The van der Waals surface area contributed by atoms with Crippen LogP contribution in [0, 0.1) is 0 Å². The number of benzene rings is 3. The highest BCUT2D eigenvalue weighted by Crippen LogP contribution is 2.21. The summed E-state index contributed by atoms with van der Waals surface area (Å²) in [6.07, 6.45) is 0. The zero-order valence-electron chi connectivity index (χ0n) is 13.3. The van der Waals surface area contributed by atoms with Crippen molar-refractivity contribution >= 4 is 22.5 Å². The smallest absolute Gasteiger partial charge is 0.377 e. The van der Waals surface area contributed by atoms with Crippen molar-refractivity contribution < 1.29 is 24.2 Å². The van der Waals surface area contributed by atoms with E-state index in [4.69, 9.17) is 14.6 Å². The van der Waals surface area contributed by atoms with Crippen LogP contribution < -0.4 is 9.47 Å². The number of carbonyl (C=O) groups excluding carboxylic acids is 1. The number of carboxylic acid groups (broad SMARTS) is 1. The number of carbonyl (C=O) groups is 2. The van der Waals surface area contributed by atoms with Crippen molar-refractivity contribution in [1.29, 1.82) is 0 Å². The number of rotatable bonds is 7. The first-order valence-electron chi connectivity index (χ1n) is 7.76. The van der Waals surface area contributed by atoms with Gasteiger partial charge >= 0.3 is 5.97 Å². The number of Topliss-reactive ketones (excluding diaryl/α,β-unsaturated/α-hetero) is 1. The van der Waals surface area contributed by atoms with Gasteiger partial charge in [-0.1, -0.05) is 42.5 Å². The van der Waals surface area contributed by atoms with E-state index < -0.39 is 11.8 Å². The lowest BCUT2D eigenvalue weighted by Gasteiger charge is -2.11. The van der Waals surface area contributed by atoms with E-state index in [0.717, 1.165) is 16.5 Å². The highest BCUT2D eigenvalue weighted by atomic mass is 16.5. The number of aliphatic carboxylic acids is 1. The Kier molecular flexibility index (Phi) is 4.95. The summed E-state index contributed by atoms with van der Waals surface area (Å²) >= 11 is 0. The second-order valence-corrected chi connectivity index (χ2v) is 5.34. The van der Waals surface area contributed by atoms with Gasteiger partial charge in [-0.2, -0.15) is 0 Å². The molecule has 1 N–H and O–H groups in total. The van der Waals surface area contributed by atoms with E-state index in [9.17, 15) is 9.59 Å². The van der Waals surface area contributed by atoms with Crippen molar-refractivity contribution in [3.63, 3.8) is 0 Å². The fraction of sp³-hybridized carbons (Fsp3) is 0.100. The quantitative estimate of drug-likeness (QED) is 0.406. The number of hydrogen-bond donors (Lipinski definition) is 1. The lowest BCUT2D eigenvalue weighted by Crippen LogP contribution is -2.16. The van der Waals surface area contributed by atoms with E-state index in [1.165, 1.54) is 6.07 Å². The number of ether oxygens (including phenoxy) is 2. The minimum atomic E-state index is -1.51. The maximum atomic E-state index is 11.6. The Hall–Kier alpha value is -3.34. The molecule has 0 saturated heterocycles. The van der Waals surface area contributed by atoms with Gasteiger partial charge in [0.2, 0.25) is 0 Å². The topological polar surface area (TPSA) is 72.8 Å². The fourth-order valence-corrected chi connectivity index (χ4v) is 2.46. The van der Waals surface area contributed by atoms with Gasteiger partial charge in [-0.15, -0.1) is 0 Å². The molecule has 0 amide bonds. The lowest BCUT2D eigenvalue weighted by molar-refractivity contribution is -0.131. The second-order valence-electron chi connectivity index (χ2n) is 5.34. The Morgan fingerprint density at radius 1 is 0.800 bits per heavy atom. The van der Waals surface area contributed by atoms with Crippen LogP contribution in [-0.4, -0.2) is 30.1 Å². The molecule has 0 aliphatic rings. The van der Waals surface area contributed by atoms with Crippen molar-refractivity contribution in [3.8, 4) is 11.5 Å². The molecule has 0 aliphatic heterocycles. The van der Waals surface area contributed by atoms with Gasteiger partial charge in [-0.3, -0.25) is 4.79 Å². The molecular formula is C20H16O5. The first-order chi connectivity index (χ1) is 12.1. The Balaban J connectivity index is 1.60. The number of fused-ring (bicyclic) bond motifs is 1. The number of ketones is 1. The fourth-order valence-electron chi connectivity index (χ4n) is 2.46. The van der Waals surface area contributed by atoms with Crippen molar-refractivity contribution in [3.05, 3.63) is 72.3 Å². The summed E-state index contributed by atoms with van der Waals surface area (Å²) in [6, 6.07) is 20.0. The molecule has 5 nitrogen and oxygen atoms in total. The minimum Gasteiger partial charge on any atom is -0.490 e. The SMILES string of the molecule is O=C(O)C(=O)c1ccccc1OCCOc1ccc2ccccc2c1. The molecule has 3 aromatic carbocycles. The van der Waals surface area contributed by atoms with Crippen LogP contribution >= 0.6 is 0 Å². The van der Waals surface area contributed by atoms with Gasteiger partial charge in [0.25, 0.3) is 5.78 Å². The molecule has 25 heavy (non-hydrogen) atoms. The average molecular weight is 336 g/mol. The molecule has 0 atom stereocenters. The maximum absolute atomic E-state index is 11.6. The molecule has 0 heterocycles. The largest absolute Gasteiger partial charge is 0.490 e. The third-order valence-corrected chi connectivity index (χ3v) is 3.66. The van der Waals surface area contributed by atoms with Gasteiger partial charge in [0.15, 0.2) is 0 Å².